The number of aryl methyl sites for hydroxylation is 1. The van der Waals surface area contributed by atoms with Crippen molar-refractivity contribution in [2.75, 3.05) is 0 Å². The minimum Gasteiger partial charge on any atom is -0.322 e. The molecule has 2 N–H and O–H groups in total. The van der Waals surface area contributed by atoms with Gasteiger partial charge >= 0.3 is 0 Å². The van der Waals surface area contributed by atoms with Crippen molar-refractivity contribution in [3.05, 3.63) is 44.3 Å². The SMILES string of the molecule is Cc1ccc(-c2csc(C(N)C(C)(C)C)n2)cc1[N+](=O)[O-]. The largest absolute Gasteiger partial charge is 0.322 e. The standard InChI is InChI=1S/C15H19N3O2S/c1-9-5-6-10(7-12(9)18(19)20)11-8-21-14(17-11)13(16)15(2,3)4/h5-8,13H,16H2,1-4H3. The van der Waals surface area contributed by atoms with Gasteiger partial charge in [-0.15, -0.1) is 11.3 Å². The molecule has 0 radical (unpaired) electrons. The van der Waals surface area contributed by atoms with Crippen LogP contribution in [0.1, 0.15) is 37.4 Å². The van der Waals surface area contributed by atoms with E-state index in [1.807, 2.05) is 11.4 Å². The minimum absolute atomic E-state index is 0.0750. The van der Waals surface area contributed by atoms with E-state index in [0.717, 1.165) is 16.3 Å². The Morgan fingerprint density at radius 1 is 1.38 bits per heavy atom. The van der Waals surface area contributed by atoms with Crippen LogP contribution in [-0.2, 0) is 0 Å². The van der Waals surface area contributed by atoms with Gasteiger partial charge in [0, 0.05) is 22.6 Å². The number of nitrogens with two attached hydrogens (primary N) is 1. The quantitative estimate of drug-likeness (QED) is 0.684. The zero-order valence-electron chi connectivity index (χ0n) is 12.6. The van der Waals surface area contributed by atoms with Crippen LogP contribution in [0.25, 0.3) is 11.3 Å². The summed E-state index contributed by atoms with van der Waals surface area (Å²) in [4.78, 5) is 15.2. The van der Waals surface area contributed by atoms with Gasteiger partial charge in [0.05, 0.1) is 16.7 Å². The van der Waals surface area contributed by atoms with Gasteiger partial charge in [0.1, 0.15) is 5.01 Å². The number of hydrogen-bond donors (Lipinski definition) is 1. The van der Waals surface area contributed by atoms with Crippen LogP contribution in [0.4, 0.5) is 5.69 Å². The molecule has 0 fully saturated rings. The highest BCUT2D eigenvalue weighted by Crippen LogP contribution is 2.35. The van der Waals surface area contributed by atoms with Crippen LogP contribution in [0.15, 0.2) is 23.6 Å². The average Bonchev–Trinajstić information content (AvgIpc) is 2.86. The number of rotatable bonds is 3. The van der Waals surface area contributed by atoms with E-state index in [9.17, 15) is 10.1 Å². The Balaban J connectivity index is 2.38. The Kier molecular flexibility index (Phi) is 4.11. The maximum absolute atomic E-state index is 11.0. The highest BCUT2D eigenvalue weighted by Gasteiger charge is 2.25. The molecule has 1 aromatic heterocycles. The molecule has 1 aromatic carbocycles. The van der Waals surface area contributed by atoms with Crippen molar-refractivity contribution in [2.24, 2.45) is 11.1 Å². The summed E-state index contributed by atoms with van der Waals surface area (Å²) in [6, 6.07) is 5.01. The number of aromatic nitrogens is 1. The molecule has 0 saturated heterocycles. The van der Waals surface area contributed by atoms with Crippen molar-refractivity contribution >= 4 is 17.0 Å². The maximum Gasteiger partial charge on any atom is 0.272 e. The molecule has 0 saturated carbocycles. The molecule has 112 valence electrons. The predicted molar refractivity (Wildman–Crippen MR) is 85.3 cm³/mol. The second-order valence-electron chi connectivity index (χ2n) is 6.17. The number of nitro groups is 1. The molecule has 21 heavy (non-hydrogen) atoms. The van der Waals surface area contributed by atoms with Crippen molar-refractivity contribution in [3.8, 4) is 11.3 Å². The fraction of sp³-hybridized carbons (Fsp3) is 0.400. The number of nitrogens with zero attached hydrogens (tertiary/aromatic N) is 2. The van der Waals surface area contributed by atoms with Gasteiger partial charge in [-0.05, 0) is 12.3 Å². The summed E-state index contributed by atoms with van der Waals surface area (Å²) in [5, 5.41) is 13.8. The second kappa shape index (κ2) is 5.54. The molecule has 1 heterocycles. The molecule has 6 heteroatoms. The van der Waals surface area contributed by atoms with Gasteiger partial charge in [-0.25, -0.2) is 4.98 Å². The average molecular weight is 305 g/mol. The third kappa shape index (κ3) is 3.28. The van der Waals surface area contributed by atoms with E-state index in [4.69, 9.17) is 5.73 Å². The first-order chi connectivity index (χ1) is 9.70. The predicted octanol–water partition coefficient (Wildman–Crippen LogP) is 4.07. The van der Waals surface area contributed by atoms with Crippen LogP contribution in [0, 0.1) is 22.5 Å². The van der Waals surface area contributed by atoms with E-state index in [0.29, 0.717) is 5.56 Å². The van der Waals surface area contributed by atoms with E-state index in [-0.39, 0.29) is 22.1 Å². The molecule has 0 bridgehead atoms. The number of thiazole rings is 1. The highest BCUT2D eigenvalue weighted by molar-refractivity contribution is 7.10. The van der Waals surface area contributed by atoms with Gasteiger partial charge in [0.2, 0.25) is 0 Å². The molecule has 1 atom stereocenters. The molecule has 5 nitrogen and oxygen atoms in total. The molecule has 2 aromatic rings. The second-order valence-corrected chi connectivity index (χ2v) is 7.06. The van der Waals surface area contributed by atoms with Crippen LogP contribution < -0.4 is 5.73 Å². The summed E-state index contributed by atoms with van der Waals surface area (Å²) >= 11 is 1.49. The Morgan fingerprint density at radius 3 is 2.62 bits per heavy atom. The summed E-state index contributed by atoms with van der Waals surface area (Å²) in [5.74, 6) is 0. The Bertz CT molecular complexity index is 674. The number of hydrogen-bond acceptors (Lipinski definition) is 5. The molecular formula is C15H19N3O2S. The summed E-state index contributed by atoms with van der Waals surface area (Å²) in [5.41, 5.74) is 8.37. The number of nitro benzene ring substituents is 1. The Hall–Kier alpha value is -1.79. The van der Waals surface area contributed by atoms with Crippen molar-refractivity contribution in [1.29, 1.82) is 0 Å². The van der Waals surface area contributed by atoms with Crippen LogP contribution in [0.5, 0.6) is 0 Å². The summed E-state index contributed by atoms with van der Waals surface area (Å²) < 4.78 is 0. The van der Waals surface area contributed by atoms with E-state index in [2.05, 4.69) is 25.8 Å². The lowest BCUT2D eigenvalue weighted by atomic mass is 9.88. The Morgan fingerprint density at radius 2 is 2.05 bits per heavy atom. The number of benzene rings is 1. The van der Waals surface area contributed by atoms with E-state index in [1.54, 1.807) is 19.1 Å². The maximum atomic E-state index is 11.0. The first kappa shape index (κ1) is 15.6. The highest BCUT2D eigenvalue weighted by atomic mass is 32.1. The van der Waals surface area contributed by atoms with Crippen LogP contribution >= 0.6 is 11.3 Å². The van der Waals surface area contributed by atoms with Crippen molar-refractivity contribution in [3.63, 3.8) is 0 Å². The van der Waals surface area contributed by atoms with E-state index < -0.39 is 0 Å². The Labute approximate surface area is 128 Å². The summed E-state index contributed by atoms with van der Waals surface area (Å²) in [6.45, 7) is 7.92. The van der Waals surface area contributed by atoms with Crippen LogP contribution in [0.2, 0.25) is 0 Å². The van der Waals surface area contributed by atoms with Crippen LogP contribution in [0.3, 0.4) is 0 Å². The molecule has 0 aliphatic heterocycles. The molecule has 0 spiro atoms. The zero-order valence-corrected chi connectivity index (χ0v) is 13.4. The van der Waals surface area contributed by atoms with Gasteiger partial charge in [-0.2, -0.15) is 0 Å². The molecule has 0 aliphatic carbocycles. The normalized spacial score (nSPS) is 13.2. The van der Waals surface area contributed by atoms with Gasteiger partial charge in [-0.1, -0.05) is 32.9 Å². The van der Waals surface area contributed by atoms with Gasteiger partial charge in [0.25, 0.3) is 5.69 Å². The first-order valence-electron chi connectivity index (χ1n) is 6.66. The smallest absolute Gasteiger partial charge is 0.272 e. The topological polar surface area (TPSA) is 82.0 Å². The summed E-state index contributed by atoms with van der Waals surface area (Å²) in [7, 11) is 0. The van der Waals surface area contributed by atoms with Crippen molar-refractivity contribution in [1.82, 2.24) is 4.98 Å². The molecular weight excluding hydrogens is 286 g/mol. The van der Waals surface area contributed by atoms with Gasteiger partial charge in [-0.3, -0.25) is 10.1 Å². The molecule has 0 aliphatic rings. The zero-order chi connectivity index (χ0) is 15.8. The lowest BCUT2D eigenvalue weighted by Gasteiger charge is -2.24. The van der Waals surface area contributed by atoms with E-state index in [1.165, 1.54) is 11.3 Å². The third-order valence-electron chi connectivity index (χ3n) is 3.42. The lowest BCUT2D eigenvalue weighted by Crippen LogP contribution is -2.26. The first-order valence-corrected chi connectivity index (χ1v) is 7.54. The molecule has 1 unspecified atom stereocenters. The molecule has 2 rings (SSSR count). The van der Waals surface area contributed by atoms with E-state index >= 15 is 0 Å². The fourth-order valence-corrected chi connectivity index (χ4v) is 2.97. The summed E-state index contributed by atoms with van der Waals surface area (Å²) in [6.07, 6.45) is 0. The molecule has 0 amide bonds. The van der Waals surface area contributed by atoms with Gasteiger partial charge < -0.3 is 5.73 Å². The van der Waals surface area contributed by atoms with Crippen molar-refractivity contribution in [2.45, 2.75) is 33.7 Å². The minimum atomic E-state index is -0.368. The third-order valence-corrected chi connectivity index (χ3v) is 4.35. The van der Waals surface area contributed by atoms with Crippen LogP contribution in [-0.4, -0.2) is 9.91 Å². The van der Waals surface area contributed by atoms with Crippen molar-refractivity contribution < 1.29 is 4.92 Å². The fourth-order valence-electron chi connectivity index (χ4n) is 1.90. The van der Waals surface area contributed by atoms with Gasteiger partial charge in [0.15, 0.2) is 0 Å². The lowest BCUT2D eigenvalue weighted by molar-refractivity contribution is -0.385. The monoisotopic (exact) mass is 305 g/mol.